The zero-order chi connectivity index (χ0) is 30.3. The van der Waals surface area contributed by atoms with Crippen LogP contribution in [0.3, 0.4) is 0 Å². The molecule has 234 valence electrons. The lowest BCUT2D eigenvalue weighted by Crippen LogP contribution is -2.46. The third-order valence-electron chi connectivity index (χ3n) is 8.81. The fourth-order valence-electron chi connectivity index (χ4n) is 5.93. The van der Waals surface area contributed by atoms with Crippen molar-refractivity contribution in [1.82, 2.24) is 19.6 Å². The minimum absolute atomic E-state index is 0.237. The van der Waals surface area contributed by atoms with Gasteiger partial charge in [-0.25, -0.2) is 0 Å². The fourth-order valence-corrected chi connectivity index (χ4v) is 9.47. The molecule has 3 aromatic rings. The van der Waals surface area contributed by atoms with Gasteiger partial charge in [0, 0.05) is 71.9 Å². The zero-order valence-electron chi connectivity index (χ0n) is 26.5. The first-order valence-electron chi connectivity index (χ1n) is 16.1. The van der Waals surface area contributed by atoms with E-state index in [-0.39, 0.29) is 11.6 Å². The second-order valence-corrected chi connectivity index (χ2v) is 15.4. The van der Waals surface area contributed by atoms with E-state index in [1.807, 2.05) is 23.5 Å². The van der Waals surface area contributed by atoms with E-state index < -0.39 is 0 Å². The van der Waals surface area contributed by atoms with E-state index >= 15 is 0 Å². The van der Waals surface area contributed by atoms with Crippen LogP contribution in [0.2, 0.25) is 0 Å². The Morgan fingerprint density at radius 3 is 1.37 bits per heavy atom. The normalized spacial score (nSPS) is 17.6. The second kappa shape index (κ2) is 15.5. The number of hydrogen-bond acceptors (Lipinski definition) is 9. The minimum Gasteiger partial charge on any atom is -0.304 e. The average molecular weight is 641 g/mol. The topological polar surface area (TPSA) is 47.1 Å². The van der Waals surface area contributed by atoms with Crippen LogP contribution in [0.4, 0.5) is 0 Å². The molecule has 0 radical (unpaired) electrons. The standard InChI is InChI=1S/C34H48N4O2S3/c1-5-7-9-25-26(10-8-6-2)34(32-14-12-30(42-32)28(40)24-38-21-17-36(4)18-22-38)43-33(25)31-13-11-29(41-31)27(39)23-37-19-15-35(3)16-20-37/h11-14H,5-10,15-24H2,1-4H3. The Bertz CT molecular complexity index is 1260. The molecular weight excluding hydrogens is 593 g/mol. The Labute approximate surface area is 270 Å². The molecule has 0 bridgehead atoms. The predicted molar refractivity (Wildman–Crippen MR) is 185 cm³/mol. The van der Waals surface area contributed by atoms with Crippen LogP contribution in [-0.2, 0) is 12.8 Å². The predicted octanol–water partition coefficient (Wildman–Crippen LogP) is 6.75. The van der Waals surface area contributed by atoms with Crippen molar-refractivity contribution in [3.05, 3.63) is 45.1 Å². The number of unbranched alkanes of at least 4 members (excludes halogenated alkanes) is 2. The van der Waals surface area contributed by atoms with Crippen LogP contribution in [0.1, 0.15) is 70.0 Å². The number of rotatable bonds is 14. The zero-order valence-corrected chi connectivity index (χ0v) is 28.9. The highest BCUT2D eigenvalue weighted by molar-refractivity contribution is 7.27. The van der Waals surface area contributed by atoms with Gasteiger partial charge in [0.25, 0.3) is 0 Å². The molecule has 0 unspecified atom stereocenters. The van der Waals surface area contributed by atoms with Gasteiger partial charge in [-0.3, -0.25) is 19.4 Å². The van der Waals surface area contributed by atoms with Gasteiger partial charge in [-0.2, -0.15) is 0 Å². The van der Waals surface area contributed by atoms with Gasteiger partial charge < -0.3 is 9.80 Å². The highest BCUT2D eigenvalue weighted by atomic mass is 32.1. The average Bonchev–Trinajstić information content (AvgIpc) is 3.76. The van der Waals surface area contributed by atoms with E-state index in [2.05, 4.69) is 59.7 Å². The third-order valence-corrected chi connectivity index (χ3v) is 12.7. The molecule has 0 atom stereocenters. The third kappa shape index (κ3) is 8.31. The molecule has 0 aromatic carbocycles. The van der Waals surface area contributed by atoms with Gasteiger partial charge in [0.15, 0.2) is 11.6 Å². The van der Waals surface area contributed by atoms with Gasteiger partial charge >= 0.3 is 0 Å². The Morgan fingerprint density at radius 2 is 1.00 bits per heavy atom. The summed E-state index contributed by atoms with van der Waals surface area (Å²) in [6.07, 6.45) is 6.74. The maximum Gasteiger partial charge on any atom is 0.186 e. The maximum atomic E-state index is 13.3. The molecule has 0 aliphatic carbocycles. The van der Waals surface area contributed by atoms with Gasteiger partial charge in [0.2, 0.25) is 0 Å². The molecule has 5 rings (SSSR count). The van der Waals surface area contributed by atoms with E-state index in [9.17, 15) is 9.59 Å². The van der Waals surface area contributed by atoms with Crippen molar-refractivity contribution < 1.29 is 9.59 Å². The summed E-state index contributed by atoms with van der Waals surface area (Å²) in [5, 5.41) is 0. The summed E-state index contributed by atoms with van der Waals surface area (Å²) in [6, 6.07) is 8.45. The molecule has 0 saturated carbocycles. The number of nitrogens with zero attached hydrogens (tertiary/aromatic N) is 4. The van der Waals surface area contributed by atoms with E-state index in [1.165, 1.54) is 30.6 Å². The number of likely N-dealkylation sites (N-methyl/N-ethyl adjacent to an activating group) is 2. The molecule has 9 heteroatoms. The molecule has 2 fully saturated rings. The summed E-state index contributed by atoms with van der Waals surface area (Å²) < 4.78 is 0. The quantitative estimate of drug-likeness (QED) is 0.182. The van der Waals surface area contributed by atoms with Gasteiger partial charge in [0.05, 0.1) is 22.8 Å². The Morgan fingerprint density at radius 1 is 0.605 bits per heavy atom. The van der Waals surface area contributed by atoms with Crippen LogP contribution in [-0.4, -0.2) is 111 Å². The van der Waals surface area contributed by atoms with Crippen LogP contribution in [0.25, 0.3) is 19.5 Å². The summed E-state index contributed by atoms with van der Waals surface area (Å²) in [5.41, 5.74) is 2.93. The highest BCUT2D eigenvalue weighted by Gasteiger charge is 2.25. The first-order valence-corrected chi connectivity index (χ1v) is 18.5. The number of hydrogen-bond donors (Lipinski definition) is 0. The highest BCUT2D eigenvalue weighted by Crippen LogP contribution is 2.47. The molecule has 0 spiro atoms. The number of thiophene rings is 3. The lowest BCUT2D eigenvalue weighted by atomic mass is 9.97. The van der Waals surface area contributed by atoms with Crippen molar-refractivity contribution in [1.29, 1.82) is 0 Å². The molecule has 43 heavy (non-hydrogen) atoms. The van der Waals surface area contributed by atoms with Crippen molar-refractivity contribution in [2.24, 2.45) is 0 Å². The largest absolute Gasteiger partial charge is 0.304 e. The van der Waals surface area contributed by atoms with Crippen molar-refractivity contribution in [3.8, 4) is 19.5 Å². The van der Waals surface area contributed by atoms with E-state index in [0.717, 1.165) is 101 Å². The van der Waals surface area contributed by atoms with Gasteiger partial charge in [-0.05, 0) is 75.2 Å². The molecule has 2 saturated heterocycles. The van der Waals surface area contributed by atoms with Gasteiger partial charge in [-0.15, -0.1) is 34.0 Å². The first-order chi connectivity index (χ1) is 20.9. The minimum atomic E-state index is 0.237. The Kier molecular flexibility index (Phi) is 11.8. The van der Waals surface area contributed by atoms with Crippen molar-refractivity contribution >= 4 is 45.6 Å². The number of piperazine rings is 2. The molecular formula is C34H48N4O2S3. The smallest absolute Gasteiger partial charge is 0.186 e. The fraction of sp³-hybridized carbons (Fsp3) is 0.588. The van der Waals surface area contributed by atoms with Crippen LogP contribution >= 0.6 is 34.0 Å². The molecule has 5 heterocycles. The lowest BCUT2D eigenvalue weighted by Gasteiger charge is -2.31. The van der Waals surface area contributed by atoms with Crippen molar-refractivity contribution in [2.45, 2.75) is 52.4 Å². The molecule has 3 aromatic heterocycles. The molecule has 2 aliphatic rings. The van der Waals surface area contributed by atoms with E-state index in [4.69, 9.17) is 0 Å². The summed E-state index contributed by atoms with van der Waals surface area (Å²) in [7, 11) is 4.29. The molecule has 0 amide bonds. The Balaban J connectivity index is 1.40. The van der Waals surface area contributed by atoms with Crippen molar-refractivity contribution in [3.63, 3.8) is 0 Å². The summed E-state index contributed by atoms with van der Waals surface area (Å²) in [6.45, 7) is 13.4. The summed E-state index contributed by atoms with van der Waals surface area (Å²) in [4.78, 5) is 42.6. The van der Waals surface area contributed by atoms with Crippen LogP contribution in [0.5, 0.6) is 0 Å². The van der Waals surface area contributed by atoms with Crippen LogP contribution < -0.4 is 0 Å². The van der Waals surface area contributed by atoms with Crippen LogP contribution in [0.15, 0.2) is 24.3 Å². The number of Topliss-reactive ketones (excluding diaryl/α,β-unsaturated/α-hetero) is 2. The van der Waals surface area contributed by atoms with E-state index in [0.29, 0.717) is 13.1 Å². The Hall–Kier alpha value is -1.72. The SMILES string of the molecule is CCCCc1c(-c2ccc(C(=O)CN3CCN(C)CC3)s2)sc(-c2ccc(C(=O)CN3CCN(C)CC3)s2)c1CCCC. The summed E-state index contributed by atoms with van der Waals surface area (Å²) in [5.74, 6) is 0.473. The van der Waals surface area contributed by atoms with Crippen molar-refractivity contribution in [2.75, 3.05) is 79.5 Å². The van der Waals surface area contributed by atoms with Gasteiger partial charge in [0.1, 0.15) is 0 Å². The first kappa shape index (κ1) is 32.7. The van der Waals surface area contributed by atoms with Gasteiger partial charge in [-0.1, -0.05) is 26.7 Å². The molecule has 0 N–H and O–H groups in total. The number of carbonyl (C=O) groups is 2. The summed E-state index contributed by atoms with van der Waals surface area (Å²) >= 11 is 5.21. The monoisotopic (exact) mass is 640 g/mol. The maximum absolute atomic E-state index is 13.3. The second-order valence-electron chi connectivity index (χ2n) is 12.3. The number of ketones is 2. The molecule has 2 aliphatic heterocycles. The number of carbonyl (C=O) groups excluding carboxylic acids is 2. The van der Waals surface area contributed by atoms with E-state index in [1.54, 1.807) is 22.7 Å². The lowest BCUT2D eigenvalue weighted by molar-refractivity contribution is 0.0873. The van der Waals surface area contributed by atoms with Crippen LogP contribution in [0, 0.1) is 0 Å². The molecule has 6 nitrogen and oxygen atoms in total.